The number of rotatable bonds is 1. The zero-order valence-corrected chi connectivity index (χ0v) is 6.20. The van der Waals surface area contributed by atoms with Gasteiger partial charge < -0.3 is 5.32 Å². The third kappa shape index (κ3) is 2.31. The van der Waals surface area contributed by atoms with E-state index in [4.69, 9.17) is 0 Å². The van der Waals surface area contributed by atoms with Crippen LogP contribution in [0.2, 0.25) is 0 Å². The van der Waals surface area contributed by atoms with Crippen LogP contribution in [0.1, 0.15) is 27.2 Å². The standard InChI is InChI=1S/C5H11N.C2H6/c1-2-5-3-6-4-5;1-2/h5-6H,2-4H2,1H3;1-2H3. The fourth-order valence-corrected chi connectivity index (χ4v) is 0.637. The summed E-state index contributed by atoms with van der Waals surface area (Å²) < 4.78 is 0. The first kappa shape index (κ1) is 7.96. The van der Waals surface area contributed by atoms with Gasteiger partial charge in [0, 0.05) is 0 Å². The maximum atomic E-state index is 3.21. The molecule has 0 aromatic carbocycles. The lowest BCUT2D eigenvalue weighted by Crippen LogP contribution is -2.41. The van der Waals surface area contributed by atoms with Gasteiger partial charge in [-0.05, 0) is 19.0 Å². The van der Waals surface area contributed by atoms with Crippen molar-refractivity contribution in [2.24, 2.45) is 5.92 Å². The fourth-order valence-electron chi connectivity index (χ4n) is 0.637. The summed E-state index contributed by atoms with van der Waals surface area (Å²) in [5.41, 5.74) is 0. The Morgan fingerprint density at radius 3 is 1.88 bits per heavy atom. The van der Waals surface area contributed by atoms with Crippen LogP contribution in [-0.4, -0.2) is 13.1 Å². The molecule has 0 aromatic rings. The molecule has 1 saturated heterocycles. The van der Waals surface area contributed by atoms with Gasteiger partial charge in [0.25, 0.3) is 0 Å². The van der Waals surface area contributed by atoms with Crippen molar-refractivity contribution in [1.82, 2.24) is 5.32 Å². The topological polar surface area (TPSA) is 12.0 Å². The van der Waals surface area contributed by atoms with Crippen LogP contribution in [0.4, 0.5) is 0 Å². The zero-order chi connectivity index (χ0) is 6.41. The Bertz CT molecular complexity index is 36.9. The summed E-state index contributed by atoms with van der Waals surface area (Å²) in [6, 6.07) is 0. The summed E-state index contributed by atoms with van der Waals surface area (Å²) in [5, 5.41) is 3.21. The summed E-state index contributed by atoms with van der Waals surface area (Å²) in [7, 11) is 0. The average molecular weight is 115 g/mol. The predicted molar refractivity (Wildman–Crippen MR) is 38.0 cm³/mol. The molecule has 0 spiro atoms. The summed E-state index contributed by atoms with van der Waals surface area (Å²) in [5.74, 6) is 1.00. The van der Waals surface area contributed by atoms with Crippen molar-refractivity contribution in [3.8, 4) is 0 Å². The van der Waals surface area contributed by atoms with E-state index in [0.717, 1.165) is 5.92 Å². The second-order valence-corrected chi connectivity index (χ2v) is 1.93. The Hall–Kier alpha value is -0.0400. The van der Waals surface area contributed by atoms with Crippen molar-refractivity contribution in [1.29, 1.82) is 0 Å². The minimum atomic E-state index is 1.00. The molecule has 1 aliphatic heterocycles. The molecule has 1 heterocycles. The molecule has 0 atom stereocenters. The van der Waals surface area contributed by atoms with E-state index >= 15 is 0 Å². The number of hydrogen-bond acceptors (Lipinski definition) is 1. The molecule has 1 rings (SSSR count). The molecule has 0 amide bonds. The normalized spacial score (nSPS) is 18.4. The van der Waals surface area contributed by atoms with Crippen molar-refractivity contribution in [2.45, 2.75) is 27.2 Å². The molecule has 1 fully saturated rings. The minimum Gasteiger partial charge on any atom is -0.316 e. The first-order valence-electron chi connectivity index (χ1n) is 3.64. The van der Waals surface area contributed by atoms with Crippen LogP contribution in [0.3, 0.4) is 0 Å². The molecule has 8 heavy (non-hydrogen) atoms. The third-order valence-electron chi connectivity index (χ3n) is 1.44. The Morgan fingerprint density at radius 1 is 1.38 bits per heavy atom. The van der Waals surface area contributed by atoms with E-state index in [2.05, 4.69) is 12.2 Å². The van der Waals surface area contributed by atoms with Gasteiger partial charge >= 0.3 is 0 Å². The molecule has 1 nitrogen and oxygen atoms in total. The molecular formula is C7H17N. The zero-order valence-electron chi connectivity index (χ0n) is 6.20. The smallest absolute Gasteiger partial charge is 0.000836 e. The molecule has 0 bridgehead atoms. The lowest BCUT2D eigenvalue weighted by molar-refractivity contribution is 0.339. The van der Waals surface area contributed by atoms with Crippen LogP contribution >= 0.6 is 0 Å². The summed E-state index contributed by atoms with van der Waals surface area (Å²) in [4.78, 5) is 0. The first-order chi connectivity index (χ1) is 3.93. The van der Waals surface area contributed by atoms with Gasteiger partial charge in [-0.25, -0.2) is 0 Å². The van der Waals surface area contributed by atoms with Crippen molar-refractivity contribution >= 4 is 0 Å². The molecule has 50 valence electrons. The van der Waals surface area contributed by atoms with Gasteiger partial charge in [0.2, 0.25) is 0 Å². The van der Waals surface area contributed by atoms with E-state index in [9.17, 15) is 0 Å². The van der Waals surface area contributed by atoms with Crippen LogP contribution in [-0.2, 0) is 0 Å². The Morgan fingerprint density at radius 2 is 1.88 bits per heavy atom. The first-order valence-corrected chi connectivity index (χ1v) is 3.64. The highest BCUT2D eigenvalue weighted by Crippen LogP contribution is 2.05. The van der Waals surface area contributed by atoms with Crippen molar-refractivity contribution in [3.63, 3.8) is 0 Å². The second kappa shape index (κ2) is 5.10. The van der Waals surface area contributed by atoms with Crippen molar-refractivity contribution < 1.29 is 0 Å². The predicted octanol–water partition coefficient (Wildman–Crippen LogP) is 1.64. The quantitative estimate of drug-likeness (QED) is 0.548. The fraction of sp³-hybridized carbons (Fsp3) is 1.00. The summed E-state index contributed by atoms with van der Waals surface area (Å²) >= 11 is 0. The Kier molecular flexibility index (Phi) is 5.08. The summed E-state index contributed by atoms with van der Waals surface area (Å²) in [6.07, 6.45) is 1.35. The molecule has 1 aliphatic rings. The van der Waals surface area contributed by atoms with Gasteiger partial charge in [-0.2, -0.15) is 0 Å². The van der Waals surface area contributed by atoms with Gasteiger partial charge in [-0.1, -0.05) is 27.2 Å². The average Bonchev–Trinajstić information content (AvgIpc) is 1.69. The third-order valence-corrected chi connectivity index (χ3v) is 1.44. The van der Waals surface area contributed by atoms with Crippen LogP contribution in [0.15, 0.2) is 0 Å². The highest BCUT2D eigenvalue weighted by atomic mass is 14.9. The van der Waals surface area contributed by atoms with E-state index in [0.29, 0.717) is 0 Å². The van der Waals surface area contributed by atoms with Gasteiger partial charge in [0.1, 0.15) is 0 Å². The molecular weight excluding hydrogens is 98.1 g/mol. The minimum absolute atomic E-state index is 1.00. The van der Waals surface area contributed by atoms with E-state index in [1.807, 2.05) is 13.8 Å². The number of nitrogens with one attached hydrogen (secondary N) is 1. The lowest BCUT2D eigenvalue weighted by Gasteiger charge is -2.25. The Labute approximate surface area is 52.5 Å². The molecule has 0 aliphatic carbocycles. The summed E-state index contributed by atoms with van der Waals surface area (Å²) in [6.45, 7) is 8.76. The van der Waals surface area contributed by atoms with Gasteiger partial charge in [0.05, 0.1) is 0 Å². The maximum absolute atomic E-state index is 3.21. The molecule has 0 unspecified atom stereocenters. The van der Waals surface area contributed by atoms with Gasteiger partial charge in [0.15, 0.2) is 0 Å². The van der Waals surface area contributed by atoms with Crippen molar-refractivity contribution in [2.75, 3.05) is 13.1 Å². The molecule has 1 N–H and O–H groups in total. The van der Waals surface area contributed by atoms with Crippen molar-refractivity contribution in [3.05, 3.63) is 0 Å². The van der Waals surface area contributed by atoms with Gasteiger partial charge in [-0.3, -0.25) is 0 Å². The van der Waals surface area contributed by atoms with E-state index < -0.39 is 0 Å². The molecule has 0 radical (unpaired) electrons. The molecule has 0 aromatic heterocycles. The number of hydrogen-bond donors (Lipinski definition) is 1. The monoisotopic (exact) mass is 115 g/mol. The van der Waals surface area contributed by atoms with Crippen LogP contribution < -0.4 is 5.32 Å². The van der Waals surface area contributed by atoms with Crippen LogP contribution in [0, 0.1) is 5.92 Å². The van der Waals surface area contributed by atoms with E-state index in [1.165, 1.54) is 19.5 Å². The SMILES string of the molecule is CC.CCC1CNC1. The van der Waals surface area contributed by atoms with Crippen LogP contribution in [0.5, 0.6) is 0 Å². The van der Waals surface area contributed by atoms with Gasteiger partial charge in [-0.15, -0.1) is 0 Å². The highest BCUT2D eigenvalue weighted by molar-refractivity contribution is 4.71. The largest absolute Gasteiger partial charge is 0.316 e. The van der Waals surface area contributed by atoms with E-state index in [-0.39, 0.29) is 0 Å². The highest BCUT2D eigenvalue weighted by Gasteiger charge is 2.12. The second-order valence-electron chi connectivity index (χ2n) is 1.93. The molecule has 0 saturated carbocycles. The Balaban J connectivity index is 0.000000222. The maximum Gasteiger partial charge on any atom is -0.000836 e. The molecule has 1 heteroatoms. The van der Waals surface area contributed by atoms with E-state index in [1.54, 1.807) is 0 Å². The lowest BCUT2D eigenvalue weighted by atomic mass is 10.0. The van der Waals surface area contributed by atoms with Crippen LogP contribution in [0.25, 0.3) is 0 Å².